The van der Waals surface area contributed by atoms with Crippen molar-refractivity contribution in [1.29, 1.82) is 0 Å². The standard InChI is InChI=1S/C11H13ClO4.C9H6O3/c1-3-8-7(9(13)14)4-6(12)5-11(8,2)10(15)16;10-9(11)8-5-6-3-1-2-4-7(6)12-8/h4-5,8H,3H2,1-2H3,(H,13,14)(H,15,16);1-5H,(H,10,11). The van der Waals surface area contributed by atoms with Gasteiger partial charge in [-0.15, -0.1) is 0 Å². The molecular weight excluding hydrogens is 388 g/mol. The van der Waals surface area contributed by atoms with E-state index in [1.54, 1.807) is 19.1 Å². The van der Waals surface area contributed by atoms with Gasteiger partial charge in [-0.1, -0.05) is 36.7 Å². The van der Waals surface area contributed by atoms with Crippen LogP contribution >= 0.6 is 11.6 Å². The van der Waals surface area contributed by atoms with Gasteiger partial charge in [0.1, 0.15) is 5.58 Å². The molecule has 0 saturated heterocycles. The average Bonchev–Trinajstić information content (AvgIpc) is 3.06. The second kappa shape index (κ2) is 8.31. The van der Waals surface area contributed by atoms with E-state index in [-0.39, 0.29) is 16.4 Å². The Hall–Kier alpha value is -3.06. The van der Waals surface area contributed by atoms with Crippen LogP contribution in [0.15, 0.2) is 57.5 Å². The summed E-state index contributed by atoms with van der Waals surface area (Å²) in [5, 5.41) is 27.8. The van der Waals surface area contributed by atoms with Crippen LogP contribution in [0.2, 0.25) is 0 Å². The summed E-state index contributed by atoms with van der Waals surface area (Å²) < 4.78 is 5.03. The molecule has 1 aliphatic carbocycles. The molecular formula is C20H19ClO7. The van der Waals surface area contributed by atoms with Crippen molar-refractivity contribution in [3.63, 3.8) is 0 Å². The maximum atomic E-state index is 11.2. The van der Waals surface area contributed by atoms with Gasteiger partial charge in [0.05, 0.1) is 5.41 Å². The Bertz CT molecular complexity index is 952. The molecule has 148 valence electrons. The molecule has 2 atom stereocenters. The Morgan fingerprint density at radius 3 is 2.29 bits per heavy atom. The smallest absolute Gasteiger partial charge is 0.371 e. The van der Waals surface area contributed by atoms with Gasteiger partial charge in [0.2, 0.25) is 5.76 Å². The van der Waals surface area contributed by atoms with E-state index in [0.29, 0.717) is 12.0 Å². The first-order chi connectivity index (χ1) is 13.1. The molecule has 0 fully saturated rings. The minimum Gasteiger partial charge on any atom is -0.481 e. The fourth-order valence-electron chi connectivity index (χ4n) is 3.15. The maximum absolute atomic E-state index is 11.2. The lowest BCUT2D eigenvalue weighted by molar-refractivity contribution is -0.147. The predicted molar refractivity (Wildman–Crippen MR) is 102 cm³/mol. The number of fused-ring (bicyclic) bond motifs is 1. The van der Waals surface area contributed by atoms with Crippen LogP contribution in [0, 0.1) is 11.3 Å². The van der Waals surface area contributed by atoms with Gasteiger partial charge in [-0.05, 0) is 37.6 Å². The van der Waals surface area contributed by atoms with Crippen LogP contribution in [0.5, 0.6) is 0 Å². The van der Waals surface area contributed by atoms with Gasteiger partial charge in [-0.3, -0.25) is 4.79 Å². The Kier molecular flexibility index (Phi) is 6.30. The summed E-state index contributed by atoms with van der Waals surface area (Å²) in [6.07, 6.45) is 3.15. The summed E-state index contributed by atoms with van der Waals surface area (Å²) in [5.74, 6) is -3.80. The summed E-state index contributed by atoms with van der Waals surface area (Å²) in [5.41, 5.74) is -0.594. The van der Waals surface area contributed by atoms with E-state index in [2.05, 4.69) is 0 Å². The van der Waals surface area contributed by atoms with E-state index in [1.165, 1.54) is 25.1 Å². The number of benzene rings is 1. The molecule has 7 nitrogen and oxygen atoms in total. The zero-order valence-corrected chi connectivity index (χ0v) is 15.9. The molecule has 0 radical (unpaired) electrons. The monoisotopic (exact) mass is 406 g/mol. The van der Waals surface area contributed by atoms with Gasteiger partial charge >= 0.3 is 17.9 Å². The van der Waals surface area contributed by atoms with Crippen LogP contribution in [0.3, 0.4) is 0 Å². The van der Waals surface area contributed by atoms with Crippen molar-refractivity contribution in [3.05, 3.63) is 58.8 Å². The SMILES string of the molecule is CCC1C(C(=O)O)=CC(Cl)=CC1(C)C(=O)O.O=C(O)c1cc2ccccc2o1. The third-order valence-electron chi connectivity index (χ3n) is 4.58. The van der Waals surface area contributed by atoms with Crippen molar-refractivity contribution in [2.45, 2.75) is 20.3 Å². The van der Waals surface area contributed by atoms with Gasteiger partial charge in [-0.2, -0.15) is 0 Å². The molecule has 1 heterocycles. The van der Waals surface area contributed by atoms with E-state index < -0.39 is 29.2 Å². The first-order valence-corrected chi connectivity index (χ1v) is 8.76. The number of hydrogen-bond acceptors (Lipinski definition) is 4. The first kappa shape index (κ1) is 21.2. The lowest BCUT2D eigenvalue weighted by Crippen LogP contribution is -2.38. The number of aromatic carboxylic acids is 1. The number of carboxylic acids is 3. The molecule has 1 aliphatic rings. The Morgan fingerprint density at radius 1 is 1.14 bits per heavy atom. The van der Waals surface area contributed by atoms with E-state index in [0.717, 1.165) is 5.39 Å². The number of hydrogen-bond donors (Lipinski definition) is 3. The highest BCUT2D eigenvalue weighted by atomic mass is 35.5. The van der Waals surface area contributed by atoms with Crippen LogP contribution in [-0.2, 0) is 9.59 Å². The molecule has 1 aromatic heterocycles. The quantitative estimate of drug-likeness (QED) is 0.687. The summed E-state index contributed by atoms with van der Waals surface area (Å²) >= 11 is 5.76. The van der Waals surface area contributed by atoms with Crippen LogP contribution in [0.25, 0.3) is 11.0 Å². The fraction of sp³-hybridized carbons (Fsp3) is 0.250. The highest BCUT2D eigenvalue weighted by molar-refractivity contribution is 6.32. The van der Waals surface area contributed by atoms with Crippen molar-refractivity contribution in [2.24, 2.45) is 11.3 Å². The number of aliphatic carboxylic acids is 2. The number of carboxylic acid groups (broad SMARTS) is 3. The molecule has 0 amide bonds. The molecule has 8 heteroatoms. The van der Waals surface area contributed by atoms with Crippen LogP contribution in [0.1, 0.15) is 30.8 Å². The van der Waals surface area contributed by atoms with Crippen LogP contribution in [0.4, 0.5) is 0 Å². The first-order valence-electron chi connectivity index (χ1n) is 8.38. The van der Waals surface area contributed by atoms with Crippen molar-refractivity contribution in [1.82, 2.24) is 0 Å². The molecule has 0 bridgehead atoms. The molecule has 0 aliphatic heterocycles. The zero-order chi connectivity index (χ0) is 21.1. The maximum Gasteiger partial charge on any atom is 0.371 e. The number of rotatable bonds is 4. The van der Waals surface area contributed by atoms with Gasteiger partial charge in [0.15, 0.2) is 0 Å². The second-order valence-corrected chi connectivity index (χ2v) is 6.87. The highest BCUT2D eigenvalue weighted by Gasteiger charge is 2.44. The topological polar surface area (TPSA) is 125 Å². The molecule has 3 rings (SSSR count). The van der Waals surface area contributed by atoms with E-state index in [4.69, 9.17) is 26.2 Å². The molecule has 1 aromatic carbocycles. The Balaban J connectivity index is 0.000000207. The molecule has 3 N–H and O–H groups in total. The van der Waals surface area contributed by atoms with Gasteiger partial charge in [-0.25, -0.2) is 9.59 Å². The number of allylic oxidation sites excluding steroid dienone is 2. The van der Waals surface area contributed by atoms with Crippen molar-refractivity contribution in [3.8, 4) is 0 Å². The molecule has 0 spiro atoms. The number of para-hydroxylation sites is 1. The highest BCUT2D eigenvalue weighted by Crippen LogP contribution is 2.42. The minimum atomic E-state index is -1.26. The minimum absolute atomic E-state index is 0.0174. The van der Waals surface area contributed by atoms with Crippen molar-refractivity contribution >= 4 is 40.5 Å². The Morgan fingerprint density at radius 2 is 1.79 bits per heavy atom. The van der Waals surface area contributed by atoms with E-state index in [9.17, 15) is 19.5 Å². The predicted octanol–water partition coefficient (Wildman–Crippen LogP) is 4.38. The molecule has 2 aromatic rings. The number of halogens is 1. The zero-order valence-electron chi connectivity index (χ0n) is 15.2. The van der Waals surface area contributed by atoms with Crippen LogP contribution < -0.4 is 0 Å². The third-order valence-corrected chi connectivity index (χ3v) is 4.80. The third kappa shape index (κ3) is 4.26. The fourth-order valence-corrected chi connectivity index (χ4v) is 3.50. The summed E-state index contributed by atoms with van der Waals surface area (Å²) in [6.45, 7) is 3.25. The molecule has 0 saturated carbocycles. The van der Waals surface area contributed by atoms with Gasteiger partial charge < -0.3 is 19.7 Å². The lowest BCUT2D eigenvalue weighted by Gasteiger charge is -2.34. The largest absolute Gasteiger partial charge is 0.481 e. The van der Waals surface area contributed by atoms with Crippen molar-refractivity contribution in [2.75, 3.05) is 0 Å². The lowest BCUT2D eigenvalue weighted by atomic mass is 9.69. The number of furan rings is 1. The normalized spacial score (nSPS) is 21.2. The second-order valence-electron chi connectivity index (χ2n) is 6.44. The van der Waals surface area contributed by atoms with E-state index in [1.807, 2.05) is 12.1 Å². The average molecular weight is 407 g/mol. The Labute approximate surface area is 165 Å². The van der Waals surface area contributed by atoms with Crippen LogP contribution in [-0.4, -0.2) is 33.2 Å². The van der Waals surface area contributed by atoms with E-state index >= 15 is 0 Å². The summed E-state index contributed by atoms with van der Waals surface area (Å²) in [6, 6.07) is 8.70. The van der Waals surface area contributed by atoms with Crippen molar-refractivity contribution < 1.29 is 34.1 Å². The van der Waals surface area contributed by atoms with Gasteiger partial charge in [0, 0.05) is 21.9 Å². The molecule has 28 heavy (non-hydrogen) atoms. The summed E-state index contributed by atoms with van der Waals surface area (Å²) in [4.78, 5) is 32.7. The van der Waals surface area contributed by atoms with Gasteiger partial charge in [0.25, 0.3) is 0 Å². The number of carbonyl (C=O) groups is 3. The molecule has 2 unspecified atom stereocenters. The summed E-state index contributed by atoms with van der Waals surface area (Å²) in [7, 11) is 0.